The first-order valence-electron chi connectivity index (χ1n) is 9.80. The van der Waals surface area contributed by atoms with Crippen molar-refractivity contribution in [2.75, 3.05) is 11.0 Å². The van der Waals surface area contributed by atoms with Crippen LogP contribution in [0.5, 0.6) is 5.75 Å². The zero-order valence-electron chi connectivity index (χ0n) is 17.4. The molecule has 8 nitrogen and oxygen atoms in total. The number of hydrogen-bond acceptors (Lipinski definition) is 6. The van der Waals surface area contributed by atoms with Crippen LogP contribution >= 0.6 is 0 Å². The average Bonchev–Trinajstić information content (AvgIpc) is 2.77. The number of para-hydroxylation sites is 1. The van der Waals surface area contributed by atoms with Gasteiger partial charge in [0.05, 0.1) is 22.9 Å². The summed E-state index contributed by atoms with van der Waals surface area (Å²) in [5.74, 6) is -0.404. The highest BCUT2D eigenvalue weighted by molar-refractivity contribution is 7.92. The molecule has 33 heavy (non-hydrogen) atoms. The first-order chi connectivity index (χ1) is 15.7. The molecule has 168 valence electrons. The van der Waals surface area contributed by atoms with Crippen molar-refractivity contribution in [3.05, 3.63) is 94.1 Å². The molecule has 1 heterocycles. The van der Waals surface area contributed by atoms with Crippen LogP contribution in [-0.4, -0.2) is 25.7 Å². The summed E-state index contributed by atoms with van der Waals surface area (Å²) in [4.78, 5) is 23.8. The third-order valence-electron chi connectivity index (χ3n) is 4.77. The summed E-state index contributed by atoms with van der Waals surface area (Å²) in [7, 11) is -3.54. The Labute approximate surface area is 189 Å². The van der Waals surface area contributed by atoms with Crippen molar-refractivity contribution in [3.63, 3.8) is 0 Å². The molecule has 0 amide bonds. The number of benzene rings is 3. The molecule has 0 unspecified atom stereocenters. The zero-order chi connectivity index (χ0) is 23.6. The van der Waals surface area contributed by atoms with Gasteiger partial charge in [0, 0.05) is 17.7 Å². The molecular formula is C24H19NO7S. The number of nitrogens with one attached hydrogen (secondary N) is 1. The van der Waals surface area contributed by atoms with E-state index in [1.165, 1.54) is 18.2 Å². The topological polar surface area (TPSA) is 123 Å². The minimum atomic E-state index is -3.54. The lowest BCUT2D eigenvalue weighted by molar-refractivity contribution is 0.0696. The third kappa shape index (κ3) is 5.21. The van der Waals surface area contributed by atoms with Crippen molar-refractivity contribution >= 4 is 32.6 Å². The first kappa shape index (κ1) is 22.1. The van der Waals surface area contributed by atoms with E-state index in [4.69, 9.17) is 14.3 Å². The Morgan fingerprint density at radius 3 is 2.58 bits per heavy atom. The molecule has 0 atom stereocenters. The van der Waals surface area contributed by atoms with Crippen LogP contribution in [0.25, 0.3) is 22.3 Å². The molecule has 0 fully saturated rings. The number of carboxylic acids is 1. The maximum atomic E-state index is 12.7. The maximum absolute atomic E-state index is 12.7. The quantitative estimate of drug-likeness (QED) is 0.421. The summed E-state index contributed by atoms with van der Waals surface area (Å²) >= 11 is 0. The smallest absolute Gasteiger partial charge is 0.335 e. The highest BCUT2D eigenvalue weighted by Crippen LogP contribution is 2.30. The van der Waals surface area contributed by atoms with Crippen molar-refractivity contribution in [1.82, 2.24) is 0 Å². The van der Waals surface area contributed by atoms with E-state index in [0.717, 1.165) is 6.26 Å². The van der Waals surface area contributed by atoms with E-state index in [9.17, 15) is 18.0 Å². The van der Waals surface area contributed by atoms with Crippen LogP contribution in [0.1, 0.15) is 15.9 Å². The Morgan fingerprint density at radius 2 is 1.82 bits per heavy atom. The Hall–Kier alpha value is -4.11. The van der Waals surface area contributed by atoms with E-state index in [0.29, 0.717) is 22.3 Å². The molecule has 0 bridgehead atoms. The van der Waals surface area contributed by atoms with Crippen molar-refractivity contribution in [2.24, 2.45) is 0 Å². The van der Waals surface area contributed by atoms with E-state index >= 15 is 0 Å². The van der Waals surface area contributed by atoms with Crippen molar-refractivity contribution < 1.29 is 27.5 Å². The second kappa shape index (κ2) is 8.79. The van der Waals surface area contributed by atoms with Crippen LogP contribution in [0.15, 0.2) is 82.0 Å². The van der Waals surface area contributed by atoms with Crippen molar-refractivity contribution in [3.8, 4) is 17.1 Å². The molecule has 0 aliphatic rings. The summed E-state index contributed by atoms with van der Waals surface area (Å²) in [6.45, 7) is 0.123. The molecule has 0 spiro atoms. The summed E-state index contributed by atoms with van der Waals surface area (Å²) in [5.41, 5.74) is 1.51. The standard InChI is InChI=1S/C24H19NO7S/c1-33(29,30)25-20-8-3-2-7-18(20)23-13-21(26)19-10-9-17(12-22(19)32-23)31-14-15-5-4-6-16(11-15)24(27)28/h2-13,25H,14H2,1H3,(H,27,28). The fraction of sp³-hybridized carbons (Fsp3) is 0.0833. The van der Waals surface area contributed by atoms with E-state index in [-0.39, 0.29) is 34.6 Å². The number of carbonyl (C=O) groups is 1. The van der Waals surface area contributed by atoms with Crippen molar-refractivity contribution in [2.45, 2.75) is 6.61 Å². The summed E-state index contributed by atoms with van der Waals surface area (Å²) in [6.07, 6.45) is 1.04. The van der Waals surface area contributed by atoms with Crippen LogP contribution in [0.3, 0.4) is 0 Å². The minimum Gasteiger partial charge on any atom is -0.489 e. The number of anilines is 1. The number of fused-ring (bicyclic) bond motifs is 1. The highest BCUT2D eigenvalue weighted by atomic mass is 32.2. The Morgan fingerprint density at radius 1 is 1.03 bits per heavy atom. The van der Waals surface area contributed by atoms with Gasteiger partial charge in [0.15, 0.2) is 5.43 Å². The van der Waals surface area contributed by atoms with Crippen LogP contribution in [0.2, 0.25) is 0 Å². The Bertz CT molecular complexity index is 1520. The normalized spacial score (nSPS) is 11.3. The van der Waals surface area contributed by atoms with Crippen molar-refractivity contribution in [1.29, 1.82) is 0 Å². The van der Waals surface area contributed by atoms with E-state index in [1.807, 2.05) is 0 Å². The third-order valence-corrected chi connectivity index (χ3v) is 5.36. The molecular weight excluding hydrogens is 446 g/mol. The van der Waals surface area contributed by atoms with Gasteiger partial charge in [-0.3, -0.25) is 9.52 Å². The molecule has 0 aliphatic heterocycles. The second-order valence-electron chi connectivity index (χ2n) is 7.35. The van der Waals surface area contributed by atoms with Gasteiger partial charge in [0.25, 0.3) is 0 Å². The summed E-state index contributed by atoms with van der Waals surface area (Å²) in [5, 5.41) is 9.46. The molecule has 0 radical (unpaired) electrons. The molecule has 9 heteroatoms. The van der Waals surface area contributed by atoms with E-state index in [1.54, 1.807) is 54.6 Å². The lowest BCUT2D eigenvalue weighted by Gasteiger charge is -2.11. The monoisotopic (exact) mass is 465 g/mol. The van der Waals surface area contributed by atoms with Crippen LogP contribution in [0, 0.1) is 0 Å². The van der Waals surface area contributed by atoms with Gasteiger partial charge >= 0.3 is 5.97 Å². The zero-order valence-corrected chi connectivity index (χ0v) is 18.3. The SMILES string of the molecule is CS(=O)(=O)Nc1ccccc1-c1cc(=O)c2ccc(OCc3cccc(C(=O)O)c3)cc2o1. The molecule has 4 rings (SSSR count). The molecule has 3 aromatic carbocycles. The number of rotatable bonds is 7. The number of aromatic carboxylic acids is 1. The molecule has 0 saturated heterocycles. The fourth-order valence-electron chi connectivity index (χ4n) is 3.31. The van der Waals surface area contributed by atoms with Gasteiger partial charge in [0.2, 0.25) is 10.0 Å². The van der Waals surface area contributed by atoms with Gasteiger partial charge in [-0.25, -0.2) is 13.2 Å². The first-order valence-corrected chi connectivity index (χ1v) is 11.7. The molecule has 1 aromatic heterocycles. The van der Waals surface area contributed by atoms with Crippen LogP contribution < -0.4 is 14.9 Å². The fourth-order valence-corrected chi connectivity index (χ4v) is 3.88. The van der Waals surface area contributed by atoms with Gasteiger partial charge in [0.1, 0.15) is 23.7 Å². The number of ether oxygens (including phenoxy) is 1. The minimum absolute atomic E-state index is 0.123. The predicted molar refractivity (Wildman–Crippen MR) is 124 cm³/mol. The van der Waals surface area contributed by atoms with Gasteiger partial charge in [-0.05, 0) is 42.0 Å². The average molecular weight is 465 g/mol. The molecule has 4 aromatic rings. The number of carboxylic acid groups (broad SMARTS) is 1. The lowest BCUT2D eigenvalue weighted by Crippen LogP contribution is -2.10. The van der Waals surface area contributed by atoms with Gasteiger partial charge in [-0.2, -0.15) is 0 Å². The van der Waals surface area contributed by atoms with Crippen LogP contribution in [0.4, 0.5) is 5.69 Å². The highest BCUT2D eigenvalue weighted by Gasteiger charge is 2.14. The summed E-state index contributed by atoms with van der Waals surface area (Å²) in [6, 6.07) is 19.1. The largest absolute Gasteiger partial charge is 0.489 e. The number of sulfonamides is 1. The lowest BCUT2D eigenvalue weighted by atomic mass is 10.1. The van der Waals surface area contributed by atoms with E-state index < -0.39 is 16.0 Å². The molecule has 0 aliphatic carbocycles. The van der Waals surface area contributed by atoms with Gasteiger partial charge in [-0.1, -0.05) is 24.3 Å². The van der Waals surface area contributed by atoms with Gasteiger partial charge in [-0.15, -0.1) is 0 Å². The second-order valence-corrected chi connectivity index (χ2v) is 9.10. The molecule has 0 saturated carbocycles. The van der Waals surface area contributed by atoms with E-state index in [2.05, 4.69) is 4.72 Å². The Kier molecular flexibility index (Phi) is 5.89. The summed E-state index contributed by atoms with van der Waals surface area (Å²) < 4.78 is 37.5. The predicted octanol–water partition coefficient (Wildman–Crippen LogP) is 4.11. The van der Waals surface area contributed by atoms with Crippen LogP contribution in [-0.2, 0) is 16.6 Å². The maximum Gasteiger partial charge on any atom is 0.335 e. The molecule has 2 N–H and O–H groups in total. The number of hydrogen-bond donors (Lipinski definition) is 2. The van der Waals surface area contributed by atoms with Gasteiger partial charge < -0.3 is 14.3 Å². The Balaban J connectivity index is 1.67.